The van der Waals surface area contributed by atoms with Crippen molar-refractivity contribution in [1.82, 2.24) is 0 Å². The van der Waals surface area contributed by atoms with E-state index in [9.17, 15) is 0 Å². The Morgan fingerprint density at radius 1 is 0.487 bits per heavy atom. The molecule has 0 aliphatic heterocycles. The van der Waals surface area contributed by atoms with Gasteiger partial charge in [0.05, 0.1) is 5.69 Å². The molecule has 0 atom stereocenters. The maximum absolute atomic E-state index is 6.36. The number of anilines is 3. The number of aryl methyl sites for hydroxylation is 1. The molecular weight excluding hydrogens is 474 g/mol. The predicted molar refractivity (Wildman–Crippen MR) is 164 cm³/mol. The predicted octanol–water partition coefficient (Wildman–Crippen LogP) is 10.7. The smallest absolute Gasteiger partial charge is 0.138 e. The second kappa shape index (κ2) is 9.66. The lowest BCUT2D eigenvalue weighted by Gasteiger charge is -2.27. The molecule has 0 saturated carbocycles. The van der Waals surface area contributed by atoms with E-state index in [1.54, 1.807) is 0 Å². The summed E-state index contributed by atoms with van der Waals surface area (Å²) in [5.41, 5.74) is 8.83. The number of nitrogens with zero attached hydrogens (tertiary/aromatic N) is 1. The number of furan rings is 1. The lowest BCUT2D eigenvalue weighted by molar-refractivity contribution is 0.629. The van der Waals surface area contributed by atoms with E-state index in [-0.39, 0.29) is 0 Å². The van der Waals surface area contributed by atoms with Crippen LogP contribution in [0.3, 0.4) is 0 Å². The number of para-hydroxylation sites is 1. The van der Waals surface area contributed by atoms with E-state index >= 15 is 0 Å². The second-order valence-corrected chi connectivity index (χ2v) is 9.85. The van der Waals surface area contributed by atoms with Crippen molar-refractivity contribution in [2.75, 3.05) is 4.90 Å². The van der Waals surface area contributed by atoms with Crippen LogP contribution in [0.15, 0.2) is 150 Å². The highest BCUT2D eigenvalue weighted by molar-refractivity contribution is 5.99. The van der Waals surface area contributed by atoms with E-state index in [4.69, 9.17) is 4.42 Å². The van der Waals surface area contributed by atoms with E-state index in [1.165, 1.54) is 21.9 Å². The Morgan fingerprint density at radius 2 is 1.08 bits per heavy atom. The van der Waals surface area contributed by atoms with Crippen LogP contribution < -0.4 is 4.90 Å². The maximum atomic E-state index is 6.36. The molecule has 0 aliphatic carbocycles. The number of hydrogen-bond acceptors (Lipinski definition) is 2. The first-order chi connectivity index (χ1) is 19.3. The van der Waals surface area contributed by atoms with E-state index < -0.39 is 0 Å². The molecule has 0 saturated heterocycles. The Bertz CT molecular complexity index is 1930. The van der Waals surface area contributed by atoms with Gasteiger partial charge in [0.15, 0.2) is 0 Å². The molecule has 1 aromatic heterocycles. The summed E-state index contributed by atoms with van der Waals surface area (Å²) in [6.45, 7) is 2.14. The lowest BCUT2D eigenvalue weighted by Crippen LogP contribution is -2.10. The maximum Gasteiger partial charge on any atom is 0.138 e. The summed E-state index contributed by atoms with van der Waals surface area (Å²) >= 11 is 0. The number of rotatable bonds is 5. The average Bonchev–Trinajstić information content (AvgIpc) is 3.34. The van der Waals surface area contributed by atoms with Crippen molar-refractivity contribution < 1.29 is 4.42 Å². The third kappa shape index (κ3) is 4.17. The Balaban J connectivity index is 1.44. The van der Waals surface area contributed by atoms with Gasteiger partial charge in [-0.25, -0.2) is 0 Å². The summed E-state index contributed by atoms with van der Waals surface area (Å²) in [5.74, 6) is 0.911. The largest absolute Gasteiger partial charge is 0.456 e. The van der Waals surface area contributed by atoms with Crippen molar-refractivity contribution in [2.45, 2.75) is 6.92 Å². The van der Waals surface area contributed by atoms with E-state index in [0.29, 0.717) is 0 Å². The fourth-order valence-corrected chi connectivity index (χ4v) is 5.52. The van der Waals surface area contributed by atoms with Gasteiger partial charge >= 0.3 is 0 Å². The van der Waals surface area contributed by atoms with E-state index in [1.807, 2.05) is 12.1 Å². The van der Waals surface area contributed by atoms with Crippen LogP contribution in [0.4, 0.5) is 17.1 Å². The first kappa shape index (κ1) is 23.1. The molecular formula is C37H27NO. The third-order valence-electron chi connectivity index (χ3n) is 7.43. The molecule has 7 rings (SSSR count). The summed E-state index contributed by atoms with van der Waals surface area (Å²) in [4.78, 5) is 2.36. The molecule has 0 fully saturated rings. The van der Waals surface area contributed by atoms with E-state index in [2.05, 4.69) is 145 Å². The molecule has 39 heavy (non-hydrogen) atoms. The van der Waals surface area contributed by atoms with Gasteiger partial charge in [-0.2, -0.15) is 0 Å². The Labute approximate surface area is 228 Å². The van der Waals surface area contributed by atoms with E-state index in [0.717, 1.165) is 44.9 Å². The minimum absolute atomic E-state index is 0.911. The number of hydrogen-bond donors (Lipinski definition) is 0. The second-order valence-electron chi connectivity index (χ2n) is 9.85. The highest BCUT2D eigenvalue weighted by Crippen LogP contribution is 2.42. The first-order valence-corrected chi connectivity index (χ1v) is 13.3. The molecule has 1 heterocycles. The fourth-order valence-electron chi connectivity index (χ4n) is 5.52. The Morgan fingerprint density at radius 3 is 1.87 bits per heavy atom. The Kier molecular flexibility index (Phi) is 5.71. The van der Waals surface area contributed by atoms with Crippen LogP contribution in [0, 0.1) is 6.92 Å². The number of fused-ring (bicyclic) bond motifs is 2. The van der Waals surface area contributed by atoms with Gasteiger partial charge in [-0.15, -0.1) is 0 Å². The molecule has 2 heteroatoms. The SMILES string of the molecule is Cc1c(-c2cccc(N(c3cccc(-c4ccccc4)c3)c3cccc4ccccc34)c2)oc2ccccc12. The van der Waals surface area contributed by atoms with Gasteiger partial charge < -0.3 is 9.32 Å². The highest BCUT2D eigenvalue weighted by atomic mass is 16.3. The van der Waals surface area contributed by atoms with Crippen LogP contribution in [0.5, 0.6) is 0 Å². The molecule has 0 spiro atoms. The zero-order valence-corrected chi connectivity index (χ0v) is 21.7. The molecule has 0 amide bonds. The molecule has 2 nitrogen and oxygen atoms in total. The van der Waals surface area contributed by atoms with Crippen LogP contribution in [-0.2, 0) is 0 Å². The van der Waals surface area contributed by atoms with Crippen LogP contribution in [0.25, 0.3) is 44.2 Å². The van der Waals surface area contributed by atoms with Gasteiger partial charge in [0.1, 0.15) is 11.3 Å². The highest BCUT2D eigenvalue weighted by Gasteiger charge is 2.18. The summed E-state index contributed by atoms with van der Waals surface area (Å²) in [6, 6.07) is 51.3. The summed E-state index contributed by atoms with van der Waals surface area (Å²) in [7, 11) is 0. The topological polar surface area (TPSA) is 16.4 Å². The minimum Gasteiger partial charge on any atom is -0.456 e. The van der Waals surface area contributed by atoms with Crippen LogP contribution in [-0.4, -0.2) is 0 Å². The van der Waals surface area contributed by atoms with Crippen LogP contribution in [0.2, 0.25) is 0 Å². The van der Waals surface area contributed by atoms with Crippen molar-refractivity contribution in [1.29, 1.82) is 0 Å². The molecule has 0 radical (unpaired) electrons. The summed E-state index contributed by atoms with van der Waals surface area (Å²) in [6.07, 6.45) is 0. The van der Waals surface area contributed by atoms with Gasteiger partial charge in [-0.3, -0.25) is 0 Å². The normalized spacial score (nSPS) is 11.2. The zero-order chi connectivity index (χ0) is 26.2. The van der Waals surface area contributed by atoms with Gasteiger partial charge in [-0.05, 0) is 59.8 Å². The molecule has 6 aromatic carbocycles. The van der Waals surface area contributed by atoms with Gasteiger partial charge in [0.2, 0.25) is 0 Å². The minimum atomic E-state index is 0.911. The molecule has 7 aromatic rings. The van der Waals surface area contributed by atoms with Crippen molar-refractivity contribution in [2.24, 2.45) is 0 Å². The zero-order valence-electron chi connectivity index (χ0n) is 21.7. The first-order valence-electron chi connectivity index (χ1n) is 13.3. The average molecular weight is 502 g/mol. The molecule has 0 bridgehead atoms. The van der Waals surface area contributed by atoms with Crippen LogP contribution in [0.1, 0.15) is 5.56 Å². The van der Waals surface area contributed by atoms with Crippen molar-refractivity contribution in [3.8, 4) is 22.5 Å². The van der Waals surface area contributed by atoms with Gasteiger partial charge in [0.25, 0.3) is 0 Å². The van der Waals surface area contributed by atoms with Crippen molar-refractivity contribution in [3.63, 3.8) is 0 Å². The molecule has 0 N–H and O–H groups in total. The van der Waals surface area contributed by atoms with Crippen molar-refractivity contribution in [3.05, 3.63) is 151 Å². The standard InChI is InChI=1S/C37H27NO/c1-26-33-20-7-8-23-36(33)39-37(26)30-17-10-19-32(25-30)38(35-22-11-15-28-14-5-6-21-34(28)35)31-18-9-16-29(24-31)27-12-3-2-4-13-27/h2-25H,1H3. The summed E-state index contributed by atoms with van der Waals surface area (Å²) < 4.78 is 6.36. The lowest BCUT2D eigenvalue weighted by atomic mass is 10.0. The molecule has 0 aliphatic rings. The monoisotopic (exact) mass is 501 g/mol. The fraction of sp³-hybridized carbons (Fsp3) is 0.0270. The van der Waals surface area contributed by atoms with Crippen molar-refractivity contribution >= 4 is 38.8 Å². The Hall–Kier alpha value is -5.08. The number of benzene rings is 6. The van der Waals surface area contributed by atoms with Gasteiger partial charge in [-0.1, -0.05) is 109 Å². The third-order valence-corrected chi connectivity index (χ3v) is 7.43. The molecule has 186 valence electrons. The molecule has 0 unspecified atom stereocenters. The van der Waals surface area contributed by atoms with Gasteiger partial charge in [0, 0.05) is 33.3 Å². The van der Waals surface area contributed by atoms with Crippen LogP contribution >= 0.6 is 0 Å². The summed E-state index contributed by atoms with van der Waals surface area (Å²) in [5, 5.41) is 3.57. The quantitative estimate of drug-likeness (QED) is 0.233.